The van der Waals surface area contributed by atoms with Gasteiger partial charge in [-0.3, -0.25) is 4.79 Å². The van der Waals surface area contributed by atoms with E-state index >= 15 is 0 Å². The second-order valence-electron chi connectivity index (χ2n) is 5.33. The van der Waals surface area contributed by atoms with Gasteiger partial charge in [-0.05, 0) is 31.3 Å². The molecule has 0 saturated heterocycles. The quantitative estimate of drug-likeness (QED) is 0.821. The summed E-state index contributed by atoms with van der Waals surface area (Å²) < 4.78 is 25.3. The highest BCUT2D eigenvalue weighted by Crippen LogP contribution is 2.43. The van der Waals surface area contributed by atoms with Gasteiger partial charge < -0.3 is 5.32 Å². The van der Waals surface area contributed by atoms with Crippen molar-refractivity contribution in [3.63, 3.8) is 0 Å². The molecule has 2 nitrogen and oxygen atoms in total. The Morgan fingerprint density at radius 3 is 2.83 bits per heavy atom. The number of hydrogen-bond acceptors (Lipinski definition) is 1. The molecule has 1 atom stereocenters. The van der Waals surface area contributed by atoms with Crippen LogP contribution in [0.25, 0.3) is 0 Å². The molecule has 1 amide bonds. The fraction of sp³-hybridized carbons (Fsp3) is 0.643. The minimum atomic E-state index is -2.53. The predicted octanol–water partition coefficient (Wildman–Crippen LogP) is 3.20. The average Bonchev–Trinajstić information content (AvgIpc) is 2.27. The van der Waals surface area contributed by atoms with Crippen LogP contribution in [0.5, 0.6) is 0 Å². The van der Waals surface area contributed by atoms with Gasteiger partial charge in [0.25, 0.3) is 0 Å². The SMILES string of the molecule is C[C@@H](NC(=O)CC1CC(F)(F)C1)C1=CC=CCC1. The van der Waals surface area contributed by atoms with Gasteiger partial charge in [-0.2, -0.15) is 0 Å². The first-order valence-electron chi connectivity index (χ1n) is 6.49. The molecule has 0 bridgehead atoms. The van der Waals surface area contributed by atoms with Crippen LogP contribution < -0.4 is 5.32 Å². The summed E-state index contributed by atoms with van der Waals surface area (Å²) in [6.07, 6.45) is 8.01. The van der Waals surface area contributed by atoms with E-state index in [1.54, 1.807) is 0 Å². The van der Waals surface area contributed by atoms with Crippen LogP contribution in [0.15, 0.2) is 23.8 Å². The highest BCUT2D eigenvalue weighted by Gasteiger charge is 2.45. The Morgan fingerprint density at radius 2 is 2.28 bits per heavy atom. The van der Waals surface area contributed by atoms with Crippen molar-refractivity contribution >= 4 is 5.91 Å². The second-order valence-corrected chi connectivity index (χ2v) is 5.33. The molecule has 18 heavy (non-hydrogen) atoms. The van der Waals surface area contributed by atoms with Gasteiger partial charge in [-0.25, -0.2) is 8.78 Å². The summed E-state index contributed by atoms with van der Waals surface area (Å²) in [5.74, 6) is -2.79. The van der Waals surface area contributed by atoms with Crippen LogP contribution in [0.4, 0.5) is 8.78 Å². The van der Waals surface area contributed by atoms with Crippen molar-refractivity contribution in [2.24, 2.45) is 5.92 Å². The number of rotatable bonds is 4. The molecule has 0 aliphatic heterocycles. The van der Waals surface area contributed by atoms with Gasteiger partial charge in [0.15, 0.2) is 0 Å². The molecule has 0 aromatic heterocycles. The maximum atomic E-state index is 12.6. The summed E-state index contributed by atoms with van der Waals surface area (Å²) in [7, 11) is 0. The van der Waals surface area contributed by atoms with Crippen molar-refractivity contribution in [1.82, 2.24) is 5.32 Å². The fourth-order valence-electron chi connectivity index (χ4n) is 2.57. The monoisotopic (exact) mass is 255 g/mol. The van der Waals surface area contributed by atoms with Crippen molar-refractivity contribution in [3.05, 3.63) is 23.8 Å². The minimum Gasteiger partial charge on any atom is -0.350 e. The Balaban J connectivity index is 1.74. The van der Waals surface area contributed by atoms with E-state index < -0.39 is 5.92 Å². The smallest absolute Gasteiger partial charge is 0.248 e. The van der Waals surface area contributed by atoms with E-state index in [0.29, 0.717) is 0 Å². The van der Waals surface area contributed by atoms with Crippen molar-refractivity contribution in [2.75, 3.05) is 0 Å². The zero-order valence-electron chi connectivity index (χ0n) is 10.6. The van der Waals surface area contributed by atoms with E-state index in [0.717, 1.165) is 12.8 Å². The molecule has 2 rings (SSSR count). The first-order chi connectivity index (χ1) is 8.46. The third-order valence-electron chi connectivity index (χ3n) is 3.63. The summed E-state index contributed by atoms with van der Waals surface area (Å²) in [4.78, 5) is 11.7. The number of allylic oxidation sites excluding steroid dienone is 3. The molecular formula is C14H19F2NO. The lowest BCUT2D eigenvalue weighted by Gasteiger charge is -2.34. The van der Waals surface area contributed by atoms with Crippen LogP contribution in [0.1, 0.15) is 39.0 Å². The lowest BCUT2D eigenvalue weighted by atomic mass is 9.79. The van der Waals surface area contributed by atoms with Gasteiger partial charge in [-0.1, -0.05) is 18.2 Å². The van der Waals surface area contributed by atoms with E-state index in [2.05, 4.69) is 11.4 Å². The molecule has 2 aliphatic carbocycles. The number of carbonyl (C=O) groups is 1. The number of alkyl halides is 2. The van der Waals surface area contributed by atoms with Crippen LogP contribution >= 0.6 is 0 Å². The topological polar surface area (TPSA) is 29.1 Å². The number of amides is 1. The number of halogens is 2. The van der Waals surface area contributed by atoms with Crippen LogP contribution in [-0.4, -0.2) is 17.9 Å². The summed E-state index contributed by atoms with van der Waals surface area (Å²) in [6, 6.07) is 0.00281. The maximum Gasteiger partial charge on any atom is 0.248 e. The van der Waals surface area contributed by atoms with Gasteiger partial charge in [0.05, 0.1) is 0 Å². The largest absolute Gasteiger partial charge is 0.350 e. The highest BCUT2D eigenvalue weighted by atomic mass is 19.3. The molecule has 1 fully saturated rings. The first-order valence-corrected chi connectivity index (χ1v) is 6.49. The third-order valence-corrected chi connectivity index (χ3v) is 3.63. The van der Waals surface area contributed by atoms with Gasteiger partial charge in [0.1, 0.15) is 0 Å². The zero-order valence-corrected chi connectivity index (χ0v) is 10.6. The minimum absolute atomic E-state index is 0.00281. The van der Waals surface area contributed by atoms with Crippen LogP contribution in [0.2, 0.25) is 0 Å². The molecule has 2 aliphatic rings. The van der Waals surface area contributed by atoms with Gasteiger partial charge in [-0.15, -0.1) is 0 Å². The third kappa shape index (κ3) is 3.40. The fourth-order valence-corrected chi connectivity index (χ4v) is 2.57. The van der Waals surface area contributed by atoms with Crippen LogP contribution in [0, 0.1) is 5.92 Å². The summed E-state index contributed by atoms with van der Waals surface area (Å²) >= 11 is 0. The lowest BCUT2D eigenvalue weighted by molar-refractivity contribution is -0.133. The number of carbonyl (C=O) groups excluding carboxylic acids is 1. The molecule has 0 radical (unpaired) electrons. The van der Waals surface area contributed by atoms with Crippen molar-refractivity contribution in [3.8, 4) is 0 Å². The van der Waals surface area contributed by atoms with Crippen LogP contribution in [-0.2, 0) is 4.79 Å². The summed E-state index contributed by atoms with van der Waals surface area (Å²) in [6.45, 7) is 1.94. The molecular weight excluding hydrogens is 236 g/mol. The van der Waals surface area contributed by atoms with Gasteiger partial charge in [0, 0.05) is 25.3 Å². The Labute approximate surface area is 106 Å². The Bertz CT molecular complexity index is 379. The Kier molecular flexibility index (Phi) is 3.83. The second kappa shape index (κ2) is 5.21. The molecule has 0 aromatic rings. The van der Waals surface area contributed by atoms with E-state index in [1.807, 2.05) is 19.1 Å². The van der Waals surface area contributed by atoms with E-state index in [9.17, 15) is 13.6 Å². The molecule has 0 aromatic carbocycles. The van der Waals surface area contributed by atoms with E-state index in [1.165, 1.54) is 5.57 Å². The van der Waals surface area contributed by atoms with Gasteiger partial charge in [0.2, 0.25) is 11.8 Å². The Morgan fingerprint density at radius 1 is 1.56 bits per heavy atom. The van der Waals surface area contributed by atoms with E-state index in [-0.39, 0.29) is 37.1 Å². The molecule has 0 spiro atoms. The normalized spacial score (nSPS) is 24.1. The maximum absolute atomic E-state index is 12.6. The van der Waals surface area contributed by atoms with Crippen molar-refractivity contribution < 1.29 is 13.6 Å². The molecule has 4 heteroatoms. The summed E-state index contributed by atoms with van der Waals surface area (Å²) in [5, 5.41) is 2.89. The van der Waals surface area contributed by atoms with Gasteiger partial charge >= 0.3 is 0 Å². The molecule has 1 saturated carbocycles. The average molecular weight is 255 g/mol. The standard InChI is InChI=1S/C14H19F2NO/c1-10(12-5-3-2-4-6-12)17-13(18)7-11-8-14(15,16)9-11/h2-3,5,10-11H,4,6-9H2,1H3,(H,17,18)/t10-/m1/s1. The lowest BCUT2D eigenvalue weighted by Crippen LogP contribution is -2.41. The van der Waals surface area contributed by atoms with Crippen molar-refractivity contribution in [2.45, 2.75) is 51.0 Å². The molecule has 1 N–H and O–H groups in total. The van der Waals surface area contributed by atoms with Crippen LogP contribution in [0.3, 0.4) is 0 Å². The number of nitrogens with one attached hydrogen (secondary N) is 1. The van der Waals surface area contributed by atoms with E-state index in [4.69, 9.17) is 0 Å². The van der Waals surface area contributed by atoms with Crippen molar-refractivity contribution in [1.29, 1.82) is 0 Å². The highest BCUT2D eigenvalue weighted by molar-refractivity contribution is 5.77. The molecule has 100 valence electrons. The molecule has 0 unspecified atom stereocenters. The summed E-state index contributed by atoms with van der Waals surface area (Å²) in [5.41, 5.74) is 1.20. The first kappa shape index (κ1) is 13.2. The predicted molar refractivity (Wildman–Crippen MR) is 66.3 cm³/mol. The zero-order chi connectivity index (χ0) is 13.2. The Hall–Kier alpha value is -1.19. The number of hydrogen-bond donors (Lipinski definition) is 1. The molecule has 0 heterocycles.